The van der Waals surface area contributed by atoms with Crippen molar-refractivity contribution < 1.29 is 18.8 Å². The van der Waals surface area contributed by atoms with Crippen molar-refractivity contribution in [3.63, 3.8) is 0 Å². The topological polar surface area (TPSA) is 90.2 Å². The van der Waals surface area contributed by atoms with Crippen LogP contribution in [0.5, 0.6) is 0 Å². The summed E-state index contributed by atoms with van der Waals surface area (Å²) in [4.78, 5) is 11.6. The molecule has 114 valence electrons. The molecule has 1 unspecified atom stereocenters. The van der Waals surface area contributed by atoms with Crippen molar-refractivity contribution in [1.29, 1.82) is 0 Å². The lowest BCUT2D eigenvalue weighted by Gasteiger charge is -2.13. The smallest absolute Gasteiger partial charge is 0.306 e. The SMILES string of the molecule is COCCC(CC(=O)OC)c1noc(-c2ccn[nH]2)c1C. The summed E-state index contributed by atoms with van der Waals surface area (Å²) in [6, 6.07) is 1.81. The number of methoxy groups -OCH3 is 2. The third-order valence-electron chi connectivity index (χ3n) is 3.40. The standard InChI is InChI=1S/C14H19N3O4/c1-9-13(10(5-7-19-2)8-12(18)20-3)17-21-14(9)11-4-6-15-16-11/h4,6,10H,5,7-8H2,1-3H3,(H,15,16). The van der Waals surface area contributed by atoms with Gasteiger partial charge in [-0.2, -0.15) is 5.10 Å². The van der Waals surface area contributed by atoms with Gasteiger partial charge >= 0.3 is 5.97 Å². The van der Waals surface area contributed by atoms with Gasteiger partial charge in [-0.25, -0.2) is 0 Å². The molecule has 0 aromatic carbocycles. The summed E-state index contributed by atoms with van der Waals surface area (Å²) in [6.07, 6.45) is 2.56. The Kier molecular flexibility index (Phi) is 5.10. The average Bonchev–Trinajstić information content (AvgIpc) is 3.12. The molecule has 0 amide bonds. The largest absolute Gasteiger partial charge is 0.469 e. The molecule has 0 aliphatic rings. The first-order chi connectivity index (χ1) is 10.2. The van der Waals surface area contributed by atoms with Gasteiger partial charge in [0.25, 0.3) is 0 Å². The van der Waals surface area contributed by atoms with Gasteiger partial charge in [0.15, 0.2) is 5.76 Å². The van der Waals surface area contributed by atoms with Gasteiger partial charge in [-0.05, 0) is 19.4 Å². The van der Waals surface area contributed by atoms with Gasteiger partial charge in [0.2, 0.25) is 0 Å². The quantitative estimate of drug-likeness (QED) is 0.786. The second-order valence-corrected chi connectivity index (χ2v) is 4.75. The molecule has 0 spiro atoms. The number of nitrogens with zero attached hydrogens (tertiary/aromatic N) is 2. The lowest BCUT2D eigenvalue weighted by atomic mass is 9.94. The second kappa shape index (κ2) is 7.03. The Labute approximate surface area is 122 Å². The lowest BCUT2D eigenvalue weighted by Crippen LogP contribution is -2.12. The third-order valence-corrected chi connectivity index (χ3v) is 3.40. The van der Waals surface area contributed by atoms with E-state index >= 15 is 0 Å². The first kappa shape index (κ1) is 15.2. The molecule has 7 nitrogen and oxygen atoms in total. The number of hydrogen-bond acceptors (Lipinski definition) is 6. The van der Waals surface area contributed by atoms with E-state index in [2.05, 4.69) is 15.4 Å². The zero-order valence-electron chi connectivity index (χ0n) is 12.4. The number of nitrogens with one attached hydrogen (secondary N) is 1. The lowest BCUT2D eigenvalue weighted by molar-refractivity contribution is -0.141. The van der Waals surface area contributed by atoms with Crippen LogP contribution in [0.4, 0.5) is 0 Å². The van der Waals surface area contributed by atoms with Crippen LogP contribution >= 0.6 is 0 Å². The molecule has 2 heterocycles. The first-order valence-electron chi connectivity index (χ1n) is 6.69. The van der Waals surface area contributed by atoms with Gasteiger partial charge in [-0.3, -0.25) is 9.89 Å². The van der Waals surface area contributed by atoms with Crippen LogP contribution in [0.2, 0.25) is 0 Å². The Balaban J connectivity index is 2.25. The number of hydrogen-bond donors (Lipinski definition) is 1. The molecule has 1 atom stereocenters. The maximum absolute atomic E-state index is 11.6. The summed E-state index contributed by atoms with van der Waals surface area (Å²) < 4.78 is 15.2. The molecule has 2 aromatic heterocycles. The molecule has 0 aliphatic heterocycles. The minimum atomic E-state index is -0.276. The fraction of sp³-hybridized carbons (Fsp3) is 0.500. The highest BCUT2D eigenvalue weighted by Gasteiger charge is 2.24. The number of carbonyl (C=O) groups excluding carboxylic acids is 1. The van der Waals surface area contributed by atoms with Crippen LogP contribution in [-0.4, -0.2) is 42.1 Å². The number of esters is 1. The van der Waals surface area contributed by atoms with E-state index in [0.29, 0.717) is 18.8 Å². The Morgan fingerprint density at radius 3 is 2.90 bits per heavy atom. The zero-order valence-corrected chi connectivity index (χ0v) is 12.4. The van der Waals surface area contributed by atoms with Crippen molar-refractivity contribution in [2.75, 3.05) is 20.8 Å². The predicted octanol–water partition coefficient (Wildman–Crippen LogP) is 2.06. The molecule has 0 fully saturated rings. The first-order valence-corrected chi connectivity index (χ1v) is 6.69. The Morgan fingerprint density at radius 1 is 1.48 bits per heavy atom. The normalized spacial score (nSPS) is 12.3. The second-order valence-electron chi connectivity index (χ2n) is 4.75. The van der Waals surface area contributed by atoms with Crippen molar-refractivity contribution in [1.82, 2.24) is 15.4 Å². The molecule has 0 saturated carbocycles. The summed E-state index contributed by atoms with van der Waals surface area (Å²) in [5.41, 5.74) is 2.40. The van der Waals surface area contributed by atoms with E-state index in [9.17, 15) is 4.79 Å². The molecular formula is C14H19N3O4. The third kappa shape index (κ3) is 3.49. The summed E-state index contributed by atoms with van der Waals surface area (Å²) >= 11 is 0. The van der Waals surface area contributed by atoms with Gasteiger partial charge in [-0.1, -0.05) is 5.16 Å². The highest BCUT2D eigenvalue weighted by atomic mass is 16.5. The maximum atomic E-state index is 11.6. The van der Waals surface area contributed by atoms with E-state index in [1.807, 2.05) is 13.0 Å². The summed E-state index contributed by atoms with van der Waals surface area (Å²) in [5.74, 6) is 0.259. The monoisotopic (exact) mass is 293 g/mol. The van der Waals surface area contributed by atoms with Gasteiger partial charge in [0.05, 0.1) is 19.2 Å². The van der Waals surface area contributed by atoms with Crippen molar-refractivity contribution in [3.8, 4) is 11.5 Å². The molecule has 2 aromatic rings. The molecule has 0 aliphatic carbocycles. The van der Waals surface area contributed by atoms with Gasteiger partial charge in [-0.15, -0.1) is 0 Å². The Bertz CT molecular complexity index is 577. The van der Waals surface area contributed by atoms with E-state index in [1.54, 1.807) is 13.3 Å². The Hall–Kier alpha value is -2.15. The van der Waals surface area contributed by atoms with Crippen molar-refractivity contribution >= 4 is 5.97 Å². The fourth-order valence-corrected chi connectivity index (χ4v) is 2.24. The molecule has 1 N–H and O–H groups in total. The molecule has 7 heteroatoms. The minimum absolute atomic E-state index is 0.0992. The molecule has 0 saturated heterocycles. The average molecular weight is 293 g/mol. The van der Waals surface area contributed by atoms with Crippen molar-refractivity contribution in [3.05, 3.63) is 23.5 Å². The number of H-pyrrole nitrogens is 1. The van der Waals surface area contributed by atoms with Crippen LogP contribution in [0.15, 0.2) is 16.8 Å². The highest BCUT2D eigenvalue weighted by Crippen LogP contribution is 2.31. The van der Waals surface area contributed by atoms with Crippen molar-refractivity contribution in [2.24, 2.45) is 0 Å². The number of ether oxygens (including phenoxy) is 2. The van der Waals surface area contributed by atoms with Crippen LogP contribution in [-0.2, 0) is 14.3 Å². The molecule has 0 radical (unpaired) electrons. The van der Waals surface area contributed by atoms with E-state index in [0.717, 1.165) is 17.0 Å². The minimum Gasteiger partial charge on any atom is -0.469 e. The number of aromatic nitrogens is 3. The number of carbonyl (C=O) groups is 1. The zero-order chi connectivity index (χ0) is 15.2. The van der Waals surface area contributed by atoms with E-state index in [4.69, 9.17) is 14.0 Å². The molecule has 2 rings (SSSR count). The highest BCUT2D eigenvalue weighted by molar-refractivity contribution is 5.70. The number of aromatic amines is 1. The van der Waals surface area contributed by atoms with Gasteiger partial charge in [0, 0.05) is 31.4 Å². The van der Waals surface area contributed by atoms with Crippen LogP contribution in [0.3, 0.4) is 0 Å². The summed E-state index contributed by atoms with van der Waals surface area (Å²) in [7, 11) is 3.00. The van der Waals surface area contributed by atoms with Crippen LogP contribution < -0.4 is 0 Å². The molecule has 0 bridgehead atoms. The number of rotatable bonds is 7. The van der Waals surface area contributed by atoms with E-state index in [-0.39, 0.29) is 18.3 Å². The maximum Gasteiger partial charge on any atom is 0.306 e. The van der Waals surface area contributed by atoms with Crippen LogP contribution in [0, 0.1) is 6.92 Å². The van der Waals surface area contributed by atoms with Crippen molar-refractivity contribution in [2.45, 2.75) is 25.7 Å². The predicted molar refractivity (Wildman–Crippen MR) is 74.7 cm³/mol. The molecule has 21 heavy (non-hydrogen) atoms. The summed E-state index contributed by atoms with van der Waals surface area (Å²) in [6.45, 7) is 2.45. The van der Waals surface area contributed by atoms with E-state index < -0.39 is 0 Å². The van der Waals surface area contributed by atoms with Crippen LogP contribution in [0.1, 0.15) is 30.0 Å². The van der Waals surface area contributed by atoms with E-state index in [1.165, 1.54) is 7.11 Å². The van der Waals surface area contributed by atoms with Gasteiger partial charge < -0.3 is 14.0 Å². The fourth-order valence-electron chi connectivity index (χ4n) is 2.24. The van der Waals surface area contributed by atoms with Crippen LogP contribution in [0.25, 0.3) is 11.5 Å². The van der Waals surface area contributed by atoms with Gasteiger partial charge in [0.1, 0.15) is 5.69 Å². The molecular weight excluding hydrogens is 274 g/mol. The summed E-state index contributed by atoms with van der Waals surface area (Å²) in [5, 5.41) is 10.9. The Morgan fingerprint density at radius 2 is 2.29 bits per heavy atom.